The minimum Gasteiger partial charge on any atom is -0.387 e. The number of aryl methyl sites for hydroxylation is 1. The topological polar surface area (TPSA) is 62.0 Å². The minimum atomic E-state index is -0.446. The summed E-state index contributed by atoms with van der Waals surface area (Å²) >= 11 is 0. The van der Waals surface area contributed by atoms with Crippen molar-refractivity contribution < 1.29 is 19.6 Å². The number of rotatable bonds is 2. The van der Waals surface area contributed by atoms with Crippen molar-refractivity contribution in [3.8, 4) is 0 Å². The fraction of sp³-hybridized carbons (Fsp3) is 0.467. The zero-order valence-corrected chi connectivity index (χ0v) is 11.6. The Morgan fingerprint density at radius 1 is 1.40 bits per heavy atom. The minimum absolute atomic E-state index is 0.301. The van der Waals surface area contributed by atoms with Crippen LogP contribution in [0.3, 0.4) is 0 Å². The van der Waals surface area contributed by atoms with Gasteiger partial charge in [-0.1, -0.05) is 11.6 Å². The highest BCUT2D eigenvalue weighted by atomic mass is 16.3. The maximum absolute atomic E-state index is 12.1. The molecule has 20 heavy (non-hydrogen) atoms. The van der Waals surface area contributed by atoms with Gasteiger partial charge in [0.05, 0.1) is 17.8 Å². The number of hydrogen-bond acceptors (Lipinski definition) is 3. The number of ketones is 1. The molecule has 0 spiro atoms. The van der Waals surface area contributed by atoms with Crippen molar-refractivity contribution in [2.45, 2.75) is 25.9 Å². The molecule has 2 heterocycles. The van der Waals surface area contributed by atoms with Gasteiger partial charge < -0.3 is 10.0 Å². The van der Waals surface area contributed by atoms with Crippen molar-refractivity contribution in [2.75, 3.05) is 24.7 Å². The molecule has 1 unspecified atom stereocenters. The smallest absolute Gasteiger partial charge is 0.303 e. The lowest BCUT2D eigenvalue weighted by atomic mass is 10.1. The van der Waals surface area contributed by atoms with E-state index in [1.165, 1.54) is 0 Å². The average Bonchev–Trinajstić information content (AvgIpc) is 2.64. The highest BCUT2D eigenvalue weighted by molar-refractivity contribution is 6.52. The first-order chi connectivity index (χ1) is 9.56. The van der Waals surface area contributed by atoms with Gasteiger partial charge in [0.15, 0.2) is 6.67 Å². The van der Waals surface area contributed by atoms with Crippen molar-refractivity contribution in [3.05, 3.63) is 29.3 Å². The number of Topliss-reactive ketones (excluding diaryl/α,β-unsaturated/α-hetero) is 1. The molecule has 1 fully saturated rings. The third-order valence-electron chi connectivity index (χ3n) is 4.10. The number of nitrogens with one attached hydrogen (secondary N) is 1. The number of likely N-dealkylation sites (tertiary alicyclic amines) is 1. The van der Waals surface area contributed by atoms with Crippen LogP contribution in [0.15, 0.2) is 18.2 Å². The number of hydrogen-bond donors (Lipinski definition) is 2. The molecule has 1 aromatic rings. The molecule has 0 aliphatic carbocycles. The third kappa shape index (κ3) is 2.23. The number of nitrogens with zero attached hydrogens (tertiary/aromatic N) is 1. The van der Waals surface area contributed by atoms with E-state index < -0.39 is 11.7 Å². The summed E-state index contributed by atoms with van der Waals surface area (Å²) in [5, 5.41) is 9.71. The molecule has 0 saturated carbocycles. The van der Waals surface area contributed by atoms with Crippen LogP contribution in [0, 0.1) is 6.92 Å². The first-order valence-electron chi connectivity index (χ1n) is 7.05. The van der Waals surface area contributed by atoms with Crippen LogP contribution in [0.25, 0.3) is 0 Å². The second-order valence-electron chi connectivity index (χ2n) is 5.74. The summed E-state index contributed by atoms with van der Waals surface area (Å²) in [7, 11) is 0. The second-order valence-corrected chi connectivity index (χ2v) is 5.74. The Balaban J connectivity index is 1.84. The van der Waals surface area contributed by atoms with Gasteiger partial charge in [-0.15, -0.1) is 0 Å². The van der Waals surface area contributed by atoms with Crippen LogP contribution in [-0.4, -0.2) is 42.7 Å². The summed E-state index contributed by atoms with van der Waals surface area (Å²) < 4.78 is 0. The van der Waals surface area contributed by atoms with Crippen LogP contribution in [0.2, 0.25) is 0 Å². The van der Waals surface area contributed by atoms with Crippen LogP contribution < -0.4 is 9.80 Å². The molecule has 0 aromatic heterocycles. The van der Waals surface area contributed by atoms with Crippen LogP contribution in [0.1, 0.15) is 28.8 Å². The largest absolute Gasteiger partial charge is 0.387 e. The molecule has 5 heteroatoms. The average molecular weight is 275 g/mol. The highest BCUT2D eigenvalue weighted by Gasteiger charge is 2.38. The number of fused-ring (bicyclic) bond motifs is 1. The summed E-state index contributed by atoms with van der Waals surface area (Å²) in [5.74, 6) is -0.862. The maximum Gasteiger partial charge on any atom is 0.303 e. The zero-order chi connectivity index (χ0) is 14.3. The van der Waals surface area contributed by atoms with E-state index in [4.69, 9.17) is 0 Å². The summed E-state index contributed by atoms with van der Waals surface area (Å²) in [4.78, 5) is 26.9. The third-order valence-corrected chi connectivity index (χ3v) is 4.10. The lowest BCUT2D eigenvalue weighted by Gasteiger charge is -2.30. The molecular weight excluding hydrogens is 256 g/mol. The van der Waals surface area contributed by atoms with Crippen molar-refractivity contribution >= 4 is 17.4 Å². The predicted octanol–water partition coefficient (Wildman–Crippen LogP) is -0.479. The number of aliphatic hydroxyl groups excluding tert-OH is 1. The molecule has 0 radical (unpaired) electrons. The van der Waals surface area contributed by atoms with Crippen LogP contribution in [0.4, 0.5) is 5.69 Å². The number of benzene rings is 1. The van der Waals surface area contributed by atoms with Crippen LogP contribution in [-0.2, 0) is 4.79 Å². The molecule has 1 saturated heterocycles. The Bertz CT molecular complexity index is 570. The van der Waals surface area contributed by atoms with Gasteiger partial charge in [-0.05, 0) is 31.9 Å². The summed E-state index contributed by atoms with van der Waals surface area (Å²) in [6.45, 7) is 3.93. The first-order valence-corrected chi connectivity index (χ1v) is 7.05. The molecule has 2 atom stereocenters. The van der Waals surface area contributed by atoms with Gasteiger partial charge in [0.2, 0.25) is 0 Å². The van der Waals surface area contributed by atoms with E-state index in [2.05, 4.69) is 0 Å². The summed E-state index contributed by atoms with van der Waals surface area (Å²) in [6, 6.07) is 5.53. The quantitative estimate of drug-likeness (QED) is 0.717. The normalized spacial score (nSPS) is 26.0. The van der Waals surface area contributed by atoms with Gasteiger partial charge in [0, 0.05) is 0 Å². The predicted molar refractivity (Wildman–Crippen MR) is 73.8 cm³/mol. The highest BCUT2D eigenvalue weighted by Crippen LogP contribution is 2.28. The molecule has 2 N–H and O–H groups in total. The summed E-state index contributed by atoms with van der Waals surface area (Å²) in [6.07, 6.45) is 1.48. The van der Waals surface area contributed by atoms with Crippen molar-refractivity contribution in [1.82, 2.24) is 0 Å². The molecule has 2 aliphatic heterocycles. The van der Waals surface area contributed by atoms with Gasteiger partial charge in [0.25, 0.3) is 5.78 Å². The molecule has 1 aromatic carbocycles. The number of anilines is 1. The van der Waals surface area contributed by atoms with Gasteiger partial charge in [-0.3, -0.25) is 14.5 Å². The fourth-order valence-electron chi connectivity index (χ4n) is 3.06. The number of carbonyl (C=O) groups excluding carboxylic acids is 2. The Morgan fingerprint density at radius 3 is 2.95 bits per heavy atom. The molecule has 2 aliphatic rings. The Kier molecular flexibility index (Phi) is 3.31. The van der Waals surface area contributed by atoms with Crippen LogP contribution >= 0.6 is 0 Å². The number of quaternary nitrogens is 1. The number of piperidine rings is 1. The lowest BCUT2D eigenvalue weighted by Crippen LogP contribution is -3.15. The van der Waals surface area contributed by atoms with Crippen molar-refractivity contribution in [2.24, 2.45) is 0 Å². The van der Waals surface area contributed by atoms with Crippen LogP contribution in [0.5, 0.6) is 0 Å². The Hall–Kier alpha value is -1.72. The fourth-order valence-corrected chi connectivity index (χ4v) is 3.06. The van der Waals surface area contributed by atoms with E-state index in [9.17, 15) is 14.7 Å². The standard InChI is InChI=1S/C15H18N2O3/c1-10-4-5-13-12(7-10)14(19)15(20)17(13)9-16-6-2-3-11(18)8-16/h4-5,7,11,18H,2-3,6,8-9H2,1H3/p+1/t11-/m1/s1. The van der Waals surface area contributed by atoms with E-state index in [1.807, 2.05) is 19.1 Å². The monoisotopic (exact) mass is 275 g/mol. The van der Waals surface area contributed by atoms with E-state index in [1.54, 1.807) is 11.0 Å². The first kappa shape index (κ1) is 13.3. The van der Waals surface area contributed by atoms with E-state index >= 15 is 0 Å². The zero-order valence-electron chi connectivity index (χ0n) is 11.6. The van der Waals surface area contributed by atoms with E-state index in [0.29, 0.717) is 24.5 Å². The molecule has 3 rings (SSSR count). The number of amides is 1. The van der Waals surface area contributed by atoms with Gasteiger partial charge in [-0.25, -0.2) is 0 Å². The van der Waals surface area contributed by atoms with Gasteiger partial charge >= 0.3 is 5.91 Å². The van der Waals surface area contributed by atoms with Gasteiger partial charge in [-0.2, -0.15) is 0 Å². The van der Waals surface area contributed by atoms with E-state index in [0.717, 1.165) is 29.8 Å². The Labute approximate surface area is 117 Å². The molecule has 106 valence electrons. The Morgan fingerprint density at radius 2 is 2.20 bits per heavy atom. The molecule has 5 nitrogen and oxygen atoms in total. The SMILES string of the molecule is Cc1ccc2c(c1)C(=O)C(=O)N2C[NH+]1CCC[C@@H](O)C1. The van der Waals surface area contributed by atoms with Crippen molar-refractivity contribution in [3.63, 3.8) is 0 Å². The molecule has 0 bridgehead atoms. The summed E-state index contributed by atoms with van der Waals surface area (Å²) in [5.41, 5.74) is 2.19. The second kappa shape index (κ2) is 5.00. The molecule has 1 amide bonds. The maximum atomic E-state index is 12.1. The van der Waals surface area contributed by atoms with E-state index in [-0.39, 0.29) is 6.10 Å². The lowest BCUT2D eigenvalue weighted by molar-refractivity contribution is -0.907. The van der Waals surface area contributed by atoms with Gasteiger partial charge in [0.1, 0.15) is 12.6 Å². The number of aliphatic hydroxyl groups is 1. The molecular formula is C15H19N2O3+. The number of carbonyl (C=O) groups is 2. The van der Waals surface area contributed by atoms with Crippen molar-refractivity contribution in [1.29, 1.82) is 0 Å².